The van der Waals surface area contributed by atoms with Crippen LogP contribution in [0.1, 0.15) is 23.5 Å². The van der Waals surface area contributed by atoms with Gasteiger partial charge in [0.25, 0.3) is 0 Å². The molecule has 2 nitrogen and oxygen atoms in total. The second-order valence-corrected chi connectivity index (χ2v) is 4.04. The fourth-order valence-corrected chi connectivity index (χ4v) is 1.91. The minimum Gasteiger partial charge on any atom is -0.381 e. The van der Waals surface area contributed by atoms with Gasteiger partial charge in [0.2, 0.25) is 0 Å². The minimum atomic E-state index is 0.256. The summed E-state index contributed by atoms with van der Waals surface area (Å²) in [5.74, 6) is 0.379. The molecule has 0 radical (unpaired) electrons. The van der Waals surface area contributed by atoms with Crippen LogP contribution in [0.3, 0.4) is 0 Å². The van der Waals surface area contributed by atoms with Crippen molar-refractivity contribution in [3.05, 3.63) is 35.4 Å². The van der Waals surface area contributed by atoms with Gasteiger partial charge in [-0.15, -0.1) is 0 Å². The summed E-state index contributed by atoms with van der Waals surface area (Å²) in [4.78, 5) is 0. The molecule has 2 heteroatoms. The lowest BCUT2D eigenvalue weighted by Gasteiger charge is -2.29. The summed E-state index contributed by atoms with van der Waals surface area (Å²) in [5, 5.41) is 0. The molecule has 1 fully saturated rings. The Balaban J connectivity index is 2.16. The van der Waals surface area contributed by atoms with Gasteiger partial charge in [0.15, 0.2) is 0 Å². The van der Waals surface area contributed by atoms with E-state index >= 15 is 0 Å². The number of nitrogens with two attached hydrogens (primary N) is 1. The van der Waals surface area contributed by atoms with E-state index in [9.17, 15) is 0 Å². The molecule has 1 aliphatic rings. The van der Waals surface area contributed by atoms with E-state index in [2.05, 4.69) is 31.2 Å². The van der Waals surface area contributed by atoms with Gasteiger partial charge in [-0.25, -0.2) is 0 Å². The maximum absolute atomic E-state index is 6.07. The molecule has 1 saturated heterocycles. The zero-order chi connectivity index (χ0) is 9.97. The van der Waals surface area contributed by atoms with Crippen LogP contribution in [-0.2, 0) is 4.74 Å². The molecule has 1 aromatic rings. The topological polar surface area (TPSA) is 35.2 Å². The molecule has 2 atom stereocenters. The van der Waals surface area contributed by atoms with Crippen LogP contribution in [0.5, 0.6) is 0 Å². The zero-order valence-electron chi connectivity index (χ0n) is 8.57. The van der Waals surface area contributed by atoms with Crippen molar-refractivity contribution < 1.29 is 4.74 Å². The van der Waals surface area contributed by atoms with Crippen LogP contribution in [0.2, 0.25) is 0 Å². The Morgan fingerprint density at radius 3 is 2.64 bits per heavy atom. The van der Waals surface area contributed by atoms with Crippen LogP contribution < -0.4 is 5.73 Å². The fourth-order valence-electron chi connectivity index (χ4n) is 1.91. The number of benzene rings is 1. The average Bonchev–Trinajstić information content (AvgIpc) is 2.20. The van der Waals surface area contributed by atoms with Crippen molar-refractivity contribution in [1.82, 2.24) is 0 Å². The monoisotopic (exact) mass is 191 g/mol. The quantitative estimate of drug-likeness (QED) is 0.735. The summed E-state index contributed by atoms with van der Waals surface area (Å²) in [7, 11) is 0. The van der Waals surface area contributed by atoms with Crippen molar-refractivity contribution in [1.29, 1.82) is 0 Å². The lowest BCUT2D eigenvalue weighted by atomic mass is 9.89. The van der Waals surface area contributed by atoms with Crippen molar-refractivity contribution in [2.75, 3.05) is 13.2 Å². The average molecular weight is 191 g/mol. The van der Waals surface area contributed by atoms with Crippen LogP contribution in [0.15, 0.2) is 24.3 Å². The summed E-state index contributed by atoms with van der Waals surface area (Å²) in [6.07, 6.45) is 0.971. The van der Waals surface area contributed by atoms with Crippen molar-refractivity contribution in [3.8, 4) is 0 Å². The third-order valence-electron chi connectivity index (χ3n) is 2.92. The lowest BCUT2D eigenvalue weighted by Crippen LogP contribution is -2.36. The highest BCUT2D eigenvalue weighted by Crippen LogP contribution is 2.24. The van der Waals surface area contributed by atoms with Gasteiger partial charge in [0, 0.05) is 18.6 Å². The summed E-state index contributed by atoms with van der Waals surface area (Å²) >= 11 is 0. The van der Waals surface area contributed by atoms with E-state index in [4.69, 9.17) is 10.5 Å². The van der Waals surface area contributed by atoms with E-state index < -0.39 is 0 Å². The van der Waals surface area contributed by atoms with E-state index in [1.165, 1.54) is 11.1 Å². The molecule has 0 amide bonds. The highest BCUT2D eigenvalue weighted by molar-refractivity contribution is 5.26. The van der Waals surface area contributed by atoms with Gasteiger partial charge in [-0.3, -0.25) is 0 Å². The molecule has 2 rings (SSSR count). The van der Waals surface area contributed by atoms with Gasteiger partial charge in [0.1, 0.15) is 0 Å². The number of hydrogen-bond donors (Lipinski definition) is 1. The molecule has 1 heterocycles. The molecule has 76 valence electrons. The van der Waals surface area contributed by atoms with Gasteiger partial charge >= 0.3 is 0 Å². The Hall–Kier alpha value is -0.860. The molecular weight excluding hydrogens is 174 g/mol. The molecule has 0 aromatic heterocycles. The van der Waals surface area contributed by atoms with Crippen LogP contribution in [-0.4, -0.2) is 19.3 Å². The second kappa shape index (κ2) is 4.11. The Morgan fingerprint density at radius 1 is 1.29 bits per heavy atom. The molecule has 2 N–H and O–H groups in total. The fraction of sp³-hybridized carbons (Fsp3) is 0.500. The first kappa shape index (κ1) is 9.69. The van der Waals surface area contributed by atoms with Gasteiger partial charge in [-0.1, -0.05) is 29.8 Å². The third-order valence-corrected chi connectivity index (χ3v) is 2.92. The highest BCUT2D eigenvalue weighted by atomic mass is 16.5. The van der Waals surface area contributed by atoms with Gasteiger partial charge < -0.3 is 10.5 Å². The zero-order valence-corrected chi connectivity index (χ0v) is 8.57. The van der Waals surface area contributed by atoms with E-state index in [0.717, 1.165) is 19.6 Å². The van der Waals surface area contributed by atoms with E-state index in [0.29, 0.717) is 5.92 Å². The van der Waals surface area contributed by atoms with E-state index in [1.807, 2.05) is 0 Å². The summed E-state index contributed by atoms with van der Waals surface area (Å²) in [6, 6.07) is 8.85. The SMILES string of the molecule is Cc1ccc(C2COCCC2N)cc1. The molecule has 14 heavy (non-hydrogen) atoms. The highest BCUT2D eigenvalue weighted by Gasteiger charge is 2.23. The Bertz CT molecular complexity index is 294. The van der Waals surface area contributed by atoms with Gasteiger partial charge in [-0.05, 0) is 18.9 Å². The second-order valence-electron chi connectivity index (χ2n) is 4.04. The standard InChI is InChI=1S/C12H17NO/c1-9-2-4-10(5-3-9)11-8-14-7-6-12(11)13/h2-5,11-12H,6-8,13H2,1H3. The molecule has 1 aliphatic heterocycles. The van der Waals surface area contributed by atoms with Crippen LogP contribution >= 0.6 is 0 Å². The first-order valence-corrected chi connectivity index (χ1v) is 5.17. The molecular formula is C12H17NO. The van der Waals surface area contributed by atoms with Crippen molar-refractivity contribution in [3.63, 3.8) is 0 Å². The predicted molar refractivity (Wildman–Crippen MR) is 57.3 cm³/mol. The maximum Gasteiger partial charge on any atom is 0.0549 e. The number of hydrogen-bond acceptors (Lipinski definition) is 2. The van der Waals surface area contributed by atoms with Gasteiger partial charge in [-0.2, -0.15) is 0 Å². The molecule has 0 bridgehead atoms. The molecule has 0 saturated carbocycles. The minimum absolute atomic E-state index is 0.256. The Morgan fingerprint density at radius 2 is 2.00 bits per heavy atom. The Kier molecular flexibility index (Phi) is 2.85. The molecule has 0 spiro atoms. The van der Waals surface area contributed by atoms with Crippen molar-refractivity contribution in [2.45, 2.75) is 25.3 Å². The number of aryl methyl sites for hydroxylation is 1. The summed E-state index contributed by atoms with van der Waals surface area (Å²) in [5.41, 5.74) is 8.67. The molecule has 1 aromatic carbocycles. The van der Waals surface area contributed by atoms with Crippen LogP contribution in [0.25, 0.3) is 0 Å². The van der Waals surface area contributed by atoms with Crippen LogP contribution in [0.4, 0.5) is 0 Å². The predicted octanol–water partition coefficient (Wildman–Crippen LogP) is 1.83. The number of ether oxygens (including phenoxy) is 1. The number of rotatable bonds is 1. The third kappa shape index (κ3) is 1.97. The van der Waals surface area contributed by atoms with Gasteiger partial charge in [0.05, 0.1) is 6.61 Å². The first-order chi connectivity index (χ1) is 6.77. The maximum atomic E-state index is 6.07. The van der Waals surface area contributed by atoms with E-state index in [1.54, 1.807) is 0 Å². The first-order valence-electron chi connectivity index (χ1n) is 5.17. The van der Waals surface area contributed by atoms with Crippen LogP contribution in [0, 0.1) is 6.92 Å². The summed E-state index contributed by atoms with van der Waals surface area (Å²) < 4.78 is 5.46. The normalized spacial score (nSPS) is 27.6. The van der Waals surface area contributed by atoms with Crippen molar-refractivity contribution in [2.24, 2.45) is 5.73 Å². The summed E-state index contributed by atoms with van der Waals surface area (Å²) in [6.45, 7) is 3.68. The smallest absolute Gasteiger partial charge is 0.0549 e. The van der Waals surface area contributed by atoms with Crippen molar-refractivity contribution >= 4 is 0 Å². The lowest BCUT2D eigenvalue weighted by molar-refractivity contribution is 0.0691. The molecule has 2 unspecified atom stereocenters. The largest absolute Gasteiger partial charge is 0.381 e. The van der Waals surface area contributed by atoms with E-state index in [-0.39, 0.29) is 6.04 Å². The Labute approximate surface area is 85.1 Å². The molecule has 0 aliphatic carbocycles.